The molecule has 2 heterocycles. The smallest absolute Gasteiger partial charge is 0.320 e. The van der Waals surface area contributed by atoms with Gasteiger partial charge in [-0.2, -0.15) is 10.5 Å². The molecule has 43 heavy (non-hydrogen) atoms. The number of hydrogen-bond donors (Lipinski definition) is 4. The van der Waals surface area contributed by atoms with E-state index in [-0.39, 0.29) is 23.6 Å². The summed E-state index contributed by atoms with van der Waals surface area (Å²) < 4.78 is 5.76. The van der Waals surface area contributed by atoms with E-state index in [1.165, 1.54) is 23.1 Å². The van der Waals surface area contributed by atoms with Crippen LogP contribution in [0.4, 0.5) is 5.82 Å². The number of carbonyl (C=O) groups is 1. The number of carboxylic acid groups (broad SMARTS) is 1. The van der Waals surface area contributed by atoms with E-state index in [1.807, 2.05) is 29.6 Å². The van der Waals surface area contributed by atoms with Crippen molar-refractivity contribution in [3.8, 4) is 39.6 Å². The van der Waals surface area contributed by atoms with Crippen LogP contribution in [0.5, 0.6) is 5.75 Å². The number of halogens is 1. The van der Waals surface area contributed by atoms with Gasteiger partial charge < -0.3 is 26.6 Å². The molecule has 0 saturated carbocycles. The Balaban J connectivity index is 1.47. The molecule has 2 aromatic carbocycles. The van der Waals surface area contributed by atoms with Crippen LogP contribution in [0.3, 0.4) is 0 Å². The van der Waals surface area contributed by atoms with Crippen molar-refractivity contribution >= 4 is 46.5 Å². The summed E-state index contributed by atoms with van der Waals surface area (Å²) in [7, 11) is 0. The molecule has 0 amide bonds. The molecule has 4 aromatic rings. The third-order valence-electron chi connectivity index (χ3n) is 6.31. The summed E-state index contributed by atoms with van der Waals surface area (Å²) in [4.78, 5) is 20.4. The van der Waals surface area contributed by atoms with Crippen molar-refractivity contribution in [3.63, 3.8) is 0 Å². The Kier molecular flexibility index (Phi) is 11.3. The van der Waals surface area contributed by atoms with Gasteiger partial charge in [0, 0.05) is 33.8 Å². The SMILES string of the molecule is N#Cc1c(N)nc(SCc2csc(-c3ccc(Cl)cc3)n2)c(C#N)c1-c1ccc(OCCNC(CCCN)C(=O)O)cc1. The van der Waals surface area contributed by atoms with Gasteiger partial charge in [0.05, 0.1) is 11.3 Å². The Morgan fingerprint density at radius 3 is 2.44 bits per heavy atom. The van der Waals surface area contributed by atoms with Crippen LogP contribution in [-0.4, -0.2) is 46.8 Å². The molecule has 0 radical (unpaired) electrons. The number of thioether (sulfide) groups is 1. The molecule has 0 saturated heterocycles. The van der Waals surface area contributed by atoms with E-state index in [1.54, 1.807) is 24.3 Å². The van der Waals surface area contributed by atoms with E-state index >= 15 is 0 Å². The minimum atomic E-state index is -0.928. The van der Waals surface area contributed by atoms with Crippen molar-refractivity contribution in [3.05, 3.63) is 75.8 Å². The Morgan fingerprint density at radius 1 is 1.09 bits per heavy atom. The predicted octanol–water partition coefficient (Wildman–Crippen LogP) is 5.30. The van der Waals surface area contributed by atoms with E-state index < -0.39 is 12.0 Å². The number of nitrogens with zero attached hydrogens (tertiary/aromatic N) is 4. The lowest BCUT2D eigenvalue weighted by molar-refractivity contribution is -0.139. The molecule has 0 aliphatic carbocycles. The Morgan fingerprint density at radius 2 is 1.79 bits per heavy atom. The van der Waals surface area contributed by atoms with Gasteiger partial charge in [0.1, 0.15) is 52.0 Å². The van der Waals surface area contributed by atoms with Gasteiger partial charge in [0.25, 0.3) is 0 Å². The number of anilines is 1. The van der Waals surface area contributed by atoms with Crippen molar-refractivity contribution in [1.29, 1.82) is 10.5 Å². The zero-order valence-electron chi connectivity index (χ0n) is 22.9. The summed E-state index contributed by atoms with van der Waals surface area (Å²) in [6, 6.07) is 18.0. The highest BCUT2D eigenvalue weighted by Gasteiger charge is 2.21. The van der Waals surface area contributed by atoms with Gasteiger partial charge in [-0.3, -0.25) is 4.79 Å². The maximum atomic E-state index is 11.4. The zero-order valence-corrected chi connectivity index (χ0v) is 25.3. The van der Waals surface area contributed by atoms with Gasteiger partial charge in [-0.1, -0.05) is 47.6 Å². The minimum absolute atomic E-state index is 0.0353. The number of carboxylic acids is 1. The first-order valence-corrected chi connectivity index (χ1v) is 15.4. The molecule has 10 nitrogen and oxygen atoms in total. The van der Waals surface area contributed by atoms with Gasteiger partial charge >= 0.3 is 5.97 Å². The van der Waals surface area contributed by atoms with Crippen LogP contribution in [0.1, 0.15) is 29.7 Å². The highest BCUT2D eigenvalue weighted by Crippen LogP contribution is 2.37. The molecule has 1 unspecified atom stereocenters. The summed E-state index contributed by atoms with van der Waals surface area (Å²) in [5.74, 6) is 0.107. The normalized spacial score (nSPS) is 11.4. The number of rotatable bonds is 14. The number of aliphatic carboxylic acids is 1. The van der Waals surface area contributed by atoms with Gasteiger partial charge in [0.2, 0.25) is 0 Å². The van der Waals surface area contributed by atoms with E-state index in [2.05, 4.69) is 22.4 Å². The Labute approximate surface area is 262 Å². The van der Waals surface area contributed by atoms with Crippen molar-refractivity contribution in [1.82, 2.24) is 15.3 Å². The highest BCUT2D eigenvalue weighted by molar-refractivity contribution is 7.98. The summed E-state index contributed by atoms with van der Waals surface area (Å²) in [5.41, 5.74) is 14.8. The lowest BCUT2D eigenvalue weighted by Gasteiger charge is -2.15. The van der Waals surface area contributed by atoms with E-state index in [0.717, 1.165) is 16.3 Å². The Hall–Kier alpha value is -4.17. The van der Waals surface area contributed by atoms with Crippen LogP contribution >= 0.6 is 34.7 Å². The molecular formula is C30H28ClN7O3S2. The van der Waals surface area contributed by atoms with E-state index in [9.17, 15) is 20.4 Å². The van der Waals surface area contributed by atoms with E-state index in [0.29, 0.717) is 58.6 Å². The van der Waals surface area contributed by atoms with Crippen LogP contribution in [0.2, 0.25) is 5.02 Å². The number of aromatic nitrogens is 2. The minimum Gasteiger partial charge on any atom is -0.492 e. The van der Waals surface area contributed by atoms with Crippen LogP contribution in [0.25, 0.3) is 21.7 Å². The molecule has 6 N–H and O–H groups in total. The van der Waals surface area contributed by atoms with Crippen LogP contribution < -0.4 is 21.5 Å². The monoisotopic (exact) mass is 633 g/mol. The van der Waals surface area contributed by atoms with Crippen LogP contribution in [0, 0.1) is 22.7 Å². The lowest BCUT2D eigenvalue weighted by atomic mass is 9.97. The number of nitriles is 2. The largest absolute Gasteiger partial charge is 0.492 e. The second-order valence-electron chi connectivity index (χ2n) is 9.24. The number of ether oxygens (including phenoxy) is 1. The maximum Gasteiger partial charge on any atom is 0.320 e. The predicted molar refractivity (Wildman–Crippen MR) is 169 cm³/mol. The molecule has 0 aliphatic rings. The maximum absolute atomic E-state index is 11.4. The number of hydrogen-bond acceptors (Lipinski definition) is 11. The van der Waals surface area contributed by atoms with Crippen molar-refractivity contribution < 1.29 is 14.6 Å². The van der Waals surface area contributed by atoms with Crippen molar-refractivity contribution in [2.45, 2.75) is 29.7 Å². The summed E-state index contributed by atoms with van der Waals surface area (Å²) in [6.45, 7) is 1.01. The third-order valence-corrected chi connectivity index (χ3v) is 8.52. The Bertz CT molecular complexity index is 1650. The van der Waals surface area contributed by atoms with Crippen LogP contribution in [0.15, 0.2) is 58.9 Å². The zero-order chi connectivity index (χ0) is 30.8. The number of benzene rings is 2. The van der Waals surface area contributed by atoms with Crippen LogP contribution in [-0.2, 0) is 10.5 Å². The molecule has 13 heteroatoms. The topological polar surface area (TPSA) is 184 Å². The molecule has 220 valence electrons. The highest BCUT2D eigenvalue weighted by atomic mass is 35.5. The first kappa shape index (κ1) is 31.8. The molecular weight excluding hydrogens is 606 g/mol. The van der Waals surface area contributed by atoms with Gasteiger partial charge in [-0.25, -0.2) is 9.97 Å². The average molecular weight is 634 g/mol. The fourth-order valence-electron chi connectivity index (χ4n) is 4.19. The molecule has 0 spiro atoms. The van der Waals surface area contributed by atoms with Crippen molar-refractivity contribution in [2.24, 2.45) is 5.73 Å². The average Bonchev–Trinajstić information content (AvgIpc) is 3.49. The standard InChI is InChI=1S/C30H28ClN7O3S2/c31-20-7-3-19(4-8-20)28-37-21(16-42-28)17-43-29-24(15-34)26(23(14-33)27(35)38-29)18-5-9-22(10-6-18)41-13-12-36-25(30(39)40)2-1-11-32/h3-10,16,25,36H,1-2,11-13,17,32H2,(H2,35,38)(H,39,40). The van der Waals surface area contributed by atoms with Crippen molar-refractivity contribution in [2.75, 3.05) is 25.4 Å². The summed E-state index contributed by atoms with van der Waals surface area (Å²) >= 11 is 8.83. The lowest BCUT2D eigenvalue weighted by Crippen LogP contribution is -2.39. The third kappa shape index (κ3) is 8.23. The molecule has 0 aliphatic heterocycles. The number of nitrogens with one attached hydrogen (secondary N) is 1. The number of pyridine rings is 1. The molecule has 4 rings (SSSR count). The van der Waals surface area contributed by atoms with Gasteiger partial charge in [0.15, 0.2) is 0 Å². The number of thiazole rings is 1. The number of nitrogens with two attached hydrogens (primary N) is 2. The summed E-state index contributed by atoms with van der Waals surface area (Å²) in [5, 5.41) is 36.1. The molecule has 0 bridgehead atoms. The fourth-order valence-corrected chi connectivity index (χ4v) is 6.13. The first-order chi connectivity index (χ1) is 20.8. The summed E-state index contributed by atoms with van der Waals surface area (Å²) in [6.07, 6.45) is 1.05. The second-order valence-corrected chi connectivity index (χ2v) is 11.5. The second kappa shape index (κ2) is 15.3. The number of nitrogen functional groups attached to an aromatic ring is 1. The first-order valence-electron chi connectivity index (χ1n) is 13.2. The van der Waals surface area contributed by atoms with Gasteiger partial charge in [-0.15, -0.1) is 11.3 Å². The molecule has 2 aromatic heterocycles. The quantitative estimate of drug-likeness (QED) is 0.104. The fraction of sp³-hybridized carbons (Fsp3) is 0.233. The van der Waals surface area contributed by atoms with Gasteiger partial charge in [-0.05, 0) is 49.2 Å². The molecule has 0 fully saturated rings. The molecule has 1 atom stereocenters. The van der Waals surface area contributed by atoms with E-state index in [4.69, 9.17) is 32.8 Å².